The summed E-state index contributed by atoms with van der Waals surface area (Å²) in [6.07, 6.45) is 4.73. The molecule has 0 saturated carbocycles. The van der Waals surface area contributed by atoms with Crippen molar-refractivity contribution in [3.05, 3.63) is 35.5 Å². The fraction of sp³-hybridized carbons (Fsp3) is 0.571. The van der Waals surface area contributed by atoms with Gasteiger partial charge in [-0.1, -0.05) is 12.1 Å². The molecule has 1 atom stereocenters. The van der Waals surface area contributed by atoms with Gasteiger partial charge in [0.05, 0.1) is 13.2 Å². The van der Waals surface area contributed by atoms with Crippen molar-refractivity contribution < 1.29 is 9.84 Å². The average Bonchev–Trinajstić information content (AvgIpc) is 3.27. The molecule has 3 rings (SSSR count). The zero-order valence-corrected chi connectivity index (χ0v) is 19.2. The molecule has 1 aromatic carbocycles. The number of aliphatic imine (C=N–C) groups is 1. The van der Waals surface area contributed by atoms with Crippen LogP contribution in [0.5, 0.6) is 0 Å². The van der Waals surface area contributed by atoms with Crippen LogP contribution in [0.15, 0.2) is 29.4 Å². The first-order valence-electron chi connectivity index (χ1n) is 9.93. The van der Waals surface area contributed by atoms with Gasteiger partial charge in [0.2, 0.25) is 0 Å². The number of hydrogen-bond donors (Lipinski definition) is 4. The number of halogens is 1. The van der Waals surface area contributed by atoms with E-state index in [0.717, 1.165) is 44.9 Å². The van der Waals surface area contributed by atoms with E-state index in [0.29, 0.717) is 13.2 Å². The Morgan fingerprint density at radius 3 is 2.93 bits per heavy atom. The van der Waals surface area contributed by atoms with Crippen molar-refractivity contribution in [3.63, 3.8) is 0 Å². The van der Waals surface area contributed by atoms with Gasteiger partial charge in [-0.2, -0.15) is 0 Å². The quantitative estimate of drug-likeness (QED) is 0.255. The second kappa shape index (κ2) is 11.0. The second-order valence-electron chi connectivity index (χ2n) is 7.51. The molecule has 2 heterocycles. The van der Waals surface area contributed by atoms with E-state index in [1.807, 2.05) is 0 Å². The van der Waals surface area contributed by atoms with Crippen molar-refractivity contribution >= 4 is 40.8 Å². The molecule has 1 saturated heterocycles. The van der Waals surface area contributed by atoms with Crippen LogP contribution >= 0.6 is 24.0 Å². The number of rotatable bonds is 8. The van der Waals surface area contributed by atoms with Crippen LogP contribution in [-0.2, 0) is 11.2 Å². The molecule has 0 bridgehead atoms. The normalized spacial score (nSPS) is 19.6. The SMILES string of the molecule is CCNC(=NCC1(CCO)CCOC1)NCCc1c[nH]c2cc(C)ccc12.I. The summed E-state index contributed by atoms with van der Waals surface area (Å²) in [5.41, 5.74) is 3.75. The Labute approximate surface area is 184 Å². The highest BCUT2D eigenvalue weighted by atomic mass is 127. The van der Waals surface area contributed by atoms with E-state index in [-0.39, 0.29) is 36.0 Å². The number of aliphatic hydroxyl groups is 1. The molecular formula is C21H33IN4O2. The number of H-pyrrole nitrogens is 1. The molecule has 156 valence electrons. The smallest absolute Gasteiger partial charge is 0.191 e. The van der Waals surface area contributed by atoms with Gasteiger partial charge < -0.3 is 25.5 Å². The van der Waals surface area contributed by atoms with Crippen molar-refractivity contribution in [3.8, 4) is 0 Å². The van der Waals surface area contributed by atoms with Crippen LogP contribution in [0.3, 0.4) is 0 Å². The molecule has 0 radical (unpaired) electrons. The Balaban J connectivity index is 0.00000280. The summed E-state index contributed by atoms with van der Waals surface area (Å²) >= 11 is 0. The van der Waals surface area contributed by atoms with Crippen LogP contribution < -0.4 is 10.6 Å². The van der Waals surface area contributed by atoms with Gasteiger partial charge in [0, 0.05) is 48.8 Å². The van der Waals surface area contributed by atoms with Crippen molar-refractivity contribution in [2.75, 3.05) is 39.5 Å². The largest absolute Gasteiger partial charge is 0.396 e. The molecule has 1 aliphatic rings. The van der Waals surface area contributed by atoms with E-state index < -0.39 is 0 Å². The highest BCUT2D eigenvalue weighted by Gasteiger charge is 2.34. The Hall–Kier alpha value is -1.32. The lowest BCUT2D eigenvalue weighted by atomic mass is 9.84. The first kappa shape index (κ1) is 23.0. The van der Waals surface area contributed by atoms with Gasteiger partial charge >= 0.3 is 0 Å². The van der Waals surface area contributed by atoms with Crippen molar-refractivity contribution in [2.45, 2.75) is 33.1 Å². The highest BCUT2D eigenvalue weighted by molar-refractivity contribution is 14.0. The lowest BCUT2D eigenvalue weighted by molar-refractivity contribution is 0.131. The van der Waals surface area contributed by atoms with E-state index in [2.05, 4.69) is 53.9 Å². The molecule has 1 aliphatic heterocycles. The fourth-order valence-corrected chi connectivity index (χ4v) is 3.70. The third-order valence-corrected chi connectivity index (χ3v) is 5.35. The van der Waals surface area contributed by atoms with Gasteiger partial charge in [-0.3, -0.25) is 4.99 Å². The number of nitrogens with one attached hydrogen (secondary N) is 3. The van der Waals surface area contributed by atoms with Gasteiger partial charge in [-0.05, 0) is 50.3 Å². The van der Waals surface area contributed by atoms with Crippen LogP contribution in [0.2, 0.25) is 0 Å². The van der Waals surface area contributed by atoms with Gasteiger partial charge in [0.1, 0.15) is 0 Å². The van der Waals surface area contributed by atoms with Crippen LogP contribution in [0.1, 0.15) is 30.9 Å². The van der Waals surface area contributed by atoms with Crippen molar-refractivity contribution in [1.29, 1.82) is 0 Å². The molecule has 1 fully saturated rings. The van der Waals surface area contributed by atoms with E-state index in [1.54, 1.807) is 0 Å². The zero-order valence-electron chi connectivity index (χ0n) is 16.9. The Morgan fingerprint density at radius 1 is 1.36 bits per heavy atom. The average molecular weight is 500 g/mol. The first-order valence-corrected chi connectivity index (χ1v) is 9.93. The Kier molecular flexibility index (Phi) is 9.04. The third-order valence-electron chi connectivity index (χ3n) is 5.35. The third kappa shape index (κ3) is 5.84. The number of nitrogens with zero attached hydrogens (tertiary/aromatic N) is 1. The highest BCUT2D eigenvalue weighted by Crippen LogP contribution is 2.32. The Bertz CT molecular complexity index is 769. The zero-order chi connectivity index (χ0) is 19.1. The molecule has 6 nitrogen and oxygen atoms in total. The lowest BCUT2D eigenvalue weighted by Gasteiger charge is -2.24. The number of fused-ring (bicyclic) bond motifs is 1. The number of aliphatic hydroxyl groups excluding tert-OH is 1. The molecule has 1 aromatic heterocycles. The molecule has 0 spiro atoms. The predicted octanol–water partition coefficient (Wildman–Crippen LogP) is 2.98. The van der Waals surface area contributed by atoms with E-state index >= 15 is 0 Å². The lowest BCUT2D eigenvalue weighted by Crippen LogP contribution is -2.39. The summed E-state index contributed by atoms with van der Waals surface area (Å²) in [5.74, 6) is 0.831. The molecular weight excluding hydrogens is 467 g/mol. The number of hydrogen-bond acceptors (Lipinski definition) is 3. The maximum atomic E-state index is 9.37. The molecule has 7 heteroatoms. The van der Waals surface area contributed by atoms with Gasteiger partial charge in [0.25, 0.3) is 0 Å². The summed E-state index contributed by atoms with van der Waals surface area (Å²) < 4.78 is 5.56. The minimum absolute atomic E-state index is 0. The monoisotopic (exact) mass is 500 g/mol. The molecule has 0 aliphatic carbocycles. The minimum atomic E-state index is -0.0220. The maximum Gasteiger partial charge on any atom is 0.191 e. The van der Waals surface area contributed by atoms with Crippen LogP contribution in [-0.4, -0.2) is 55.5 Å². The number of aryl methyl sites for hydroxylation is 1. The number of guanidine groups is 1. The Morgan fingerprint density at radius 2 is 2.21 bits per heavy atom. The summed E-state index contributed by atoms with van der Waals surface area (Å²) in [6, 6.07) is 6.53. The topological polar surface area (TPSA) is 81.7 Å². The summed E-state index contributed by atoms with van der Waals surface area (Å²) in [5, 5.41) is 17.4. The van der Waals surface area contributed by atoms with Gasteiger partial charge in [-0.25, -0.2) is 0 Å². The van der Waals surface area contributed by atoms with Gasteiger partial charge in [0.15, 0.2) is 5.96 Å². The predicted molar refractivity (Wildman–Crippen MR) is 126 cm³/mol. The molecule has 28 heavy (non-hydrogen) atoms. The van der Waals surface area contributed by atoms with Crippen molar-refractivity contribution in [1.82, 2.24) is 15.6 Å². The first-order chi connectivity index (χ1) is 13.2. The standard InChI is InChI=1S/C21H32N4O2.HI/c1-3-22-20(25-14-21(7-10-26)8-11-27-15-21)23-9-6-17-13-24-19-12-16(2)4-5-18(17)19;/h4-5,12-13,24,26H,3,6-11,14-15H2,1-2H3,(H2,22,23,25);1H. The molecule has 0 amide bonds. The summed E-state index contributed by atoms with van der Waals surface area (Å²) in [4.78, 5) is 8.14. The van der Waals surface area contributed by atoms with E-state index in [1.165, 1.54) is 22.0 Å². The number of aromatic nitrogens is 1. The van der Waals surface area contributed by atoms with Crippen LogP contribution in [0.4, 0.5) is 0 Å². The number of ether oxygens (including phenoxy) is 1. The fourth-order valence-electron chi connectivity index (χ4n) is 3.70. The maximum absolute atomic E-state index is 9.37. The van der Waals surface area contributed by atoms with Crippen LogP contribution in [0, 0.1) is 12.3 Å². The summed E-state index contributed by atoms with van der Waals surface area (Å²) in [6.45, 7) is 8.13. The number of benzene rings is 1. The molecule has 1 unspecified atom stereocenters. The van der Waals surface area contributed by atoms with Crippen molar-refractivity contribution in [2.24, 2.45) is 10.4 Å². The van der Waals surface area contributed by atoms with Gasteiger partial charge in [-0.15, -0.1) is 24.0 Å². The molecule has 2 aromatic rings. The molecule has 4 N–H and O–H groups in total. The second-order valence-corrected chi connectivity index (χ2v) is 7.51. The minimum Gasteiger partial charge on any atom is -0.396 e. The van der Waals surface area contributed by atoms with Crippen LogP contribution in [0.25, 0.3) is 10.9 Å². The van der Waals surface area contributed by atoms with E-state index in [4.69, 9.17) is 9.73 Å². The summed E-state index contributed by atoms with van der Waals surface area (Å²) in [7, 11) is 0. The van der Waals surface area contributed by atoms with E-state index in [9.17, 15) is 5.11 Å². The number of aromatic amines is 1.